The molecule has 2 rings (SSSR count). The second kappa shape index (κ2) is 4.44. The average Bonchev–Trinajstić information content (AvgIpc) is 2.49. The summed E-state index contributed by atoms with van der Waals surface area (Å²) in [6, 6.07) is 4.21. The van der Waals surface area contributed by atoms with Crippen LogP contribution in [-0.2, 0) is 6.54 Å². The van der Waals surface area contributed by atoms with Crippen molar-refractivity contribution in [1.29, 1.82) is 0 Å². The fourth-order valence-corrected chi connectivity index (χ4v) is 1.77. The van der Waals surface area contributed by atoms with Crippen LogP contribution in [0.25, 0.3) is 0 Å². The van der Waals surface area contributed by atoms with Gasteiger partial charge in [-0.3, -0.25) is 4.90 Å². The maximum absolute atomic E-state index is 3.40. The maximum atomic E-state index is 3.40. The Morgan fingerprint density at radius 3 is 3.15 bits per heavy atom. The van der Waals surface area contributed by atoms with Gasteiger partial charge in [0.05, 0.1) is 0 Å². The minimum atomic E-state index is 1.06. The van der Waals surface area contributed by atoms with E-state index in [-0.39, 0.29) is 0 Å². The van der Waals surface area contributed by atoms with Gasteiger partial charge < -0.3 is 10.3 Å². The van der Waals surface area contributed by atoms with Gasteiger partial charge >= 0.3 is 0 Å². The summed E-state index contributed by atoms with van der Waals surface area (Å²) in [4.78, 5) is 5.73. The lowest BCUT2D eigenvalue weighted by Gasteiger charge is -2.18. The largest absolute Gasteiger partial charge is 0.364 e. The Bertz CT molecular complexity index is 222. The van der Waals surface area contributed by atoms with Gasteiger partial charge in [-0.25, -0.2) is 0 Å². The normalized spacial score (nSPS) is 20.0. The molecule has 72 valence electrons. The Morgan fingerprint density at radius 2 is 2.31 bits per heavy atom. The summed E-state index contributed by atoms with van der Waals surface area (Å²) in [5.74, 6) is 0. The van der Waals surface area contributed by atoms with Gasteiger partial charge in [-0.1, -0.05) is 0 Å². The zero-order valence-electron chi connectivity index (χ0n) is 7.92. The molecule has 0 spiro atoms. The van der Waals surface area contributed by atoms with E-state index in [2.05, 4.69) is 27.3 Å². The van der Waals surface area contributed by atoms with E-state index in [1.54, 1.807) is 0 Å². The van der Waals surface area contributed by atoms with Crippen molar-refractivity contribution in [3.63, 3.8) is 0 Å². The second-order valence-electron chi connectivity index (χ2n) is 3.58. The molecule has 2 N–H and O–H groups in total. The van der Waals surface area contributed by atoms with E-state index < -0.39 is 0 Å². The smallest absolute Gasteiger partial charge is 0.0385 e. The Morgan fingerprint density at radius 1 is 1.31 bits per heavy atom. The van der Waals surface area contributed by atoms with Crippen LogP contribution in [0.15, 0.2) is 18.3 Å². The molecule has 1 saturated heterocycles. The second-order valence-corrected chi connectivity index (χ2v) is 3.58. The van der Waals surface area contributed by atoms with Gasteiger partial charge in [-0.05, 0) is 31.6 Å². The summed E-state index contributed by atoms with van der Waals surface area (Å²) in [7, 11) is 0. The number of hydrogen-bond donors (Lipinski definition) is 2. The van der Waals surface area contributed by atoms with E-state index in [9.17, 15) is 0 Å². The molecule has 0 aromatic carbocycles. The van der Waals surface area contributed by atoms with Crippen LogP contribution in [0.2, 0.25) is 0 Å². The summed E-state index contributed by atoms with van der Waals surface area (Å²) in [6.07, 6.45) is 3.26. The first-order chi connectivity index (χ1) is 6.45. The monoisotopic (exact) mass is 179 g/mol. The van der Waals surface area contributed by atoms with Crippen molar-refractivity contribution in [3.05, 3.63) is 24.0 Å². The quantitative estimate of drug-likeness (QED) is 0.704. The summed E-state index contributed by atoms with van der Waals surface area (Å²) >= 11 is 0. The number of aromatic amines is 1. The van der Waals surface area contributed by atoms with Crippen LogP contribution >= 0.6 is 0 Å². The van der Waals surface area contributed by atoms with Gasteiger partial charge in [0.15, 0.2) is 0 Å². The summed E-state index contributed by atoms with van der Waals surface area (Å²) in [5.41, 5.74) is 1.32. The molecule has 0 atom stereocenters. The minimum absolute atomic E-state index is 1.06. The Kier molecular flexibility index (Phi) is 3.00. The molecule has 0 unspecified atom stereocenters. The number of nitrogens with zero attached hydrogens (tertiary/aromatic N) is 1. The van der Waals surface area contributed by atoms with E-state index in [4.69, 9.17) is 0 Å². The Labute approximate surface area is 79.1 Å². The lowest BCUT2D eigenvalue weighted by atomic mass is 10.3. The van der Waals surface area contributed by atoms with Crippen LogP contribution < -0.4 is 5.32 Å². The first-order valence-corrected chi connectivity index (χ1v) is 5.00. The van der Waals surface area contributed by atoms with Crippen LogP contribution in [0.5, 0.6) is 0 Å². The molecule has 0 aliphatic carbocycles. The van der Waals surface area contributed by atoms with Gasteiger partial charge in [0.1, 0.15) is 0 Å². The average molecular weight is 179 g/mol. The molecular weight excluding hydrogens is 162 g/mol. The topological polar surface area (TPSA) is 31.1 Å². The van der Waals surface area contributed by atoms with Crippen LogP contribution in [-0.4, -0.2) is 36.1 Å². The predicted molar refractivity (Wildman–Crippen MR) is 53.6 cm³/mol. The highest BCUT2D eigenvalue weighted by atomic mass is 15.2. The highest BCUT2D eigenvalue weighted by molar-refractivity contribution is 5.03. The highest BCUT2D eigenvalue weighted by Crippen LogP contribution is 2.03. The summed E-state index contributed by atoms with van der Waals surface area (Å²) in [6.45, 7) is 5.74. The van der Waals surface area contributed by atoms with Crippen LogP contribution in [0, 0.1) is 0 Å². The molecule has 0 radical (unpaired) electrons. The van der Waals surface area contributed by atoms with Gasteiger partial charge in [0, 0.05) is 31.5 Å². The van der Waals surface area contributed by atoms with Crippen molar-refractivity contribution in [3.8, 4) is 0 Å². The van der Waals surface area contributed by atoms with Crippen molar-refractivity contribution in [1.82, 2.24) is 15.2 Å². The minimum Gasteiger partial charge on any atom is -0.364 e. The Hall–Kier alpha value is -0.800. The van der Waals surface area contributed by atoms with E-state index >= 15 is 0 Å². The van der Waals surface area contributed by atoms with Crippen LogP contribution in [0.4, 0.5) is 0 Å². The maximum Gasteiger partial charge on any atom is 0.0385 e. The van der Waals surface area contributed by atoms with E-state index in [1.165, 1.54) is 31.7 Å². The molecule has 1 aliphatic rings. The van der Waals surface area contributed by atoms with E-state index in [0.717, 1.165) is 13.1 Å². The SMILES string of the molecule is c1c[nH]c(CN2CCCNCC2)c1. The molecule has 0 amide bonds. The van der Waals surface area contributed by atoms with Gasteiger partial charge in [0.2, 0.25) is 0 Å². The molecule has 1 aromatic heterocycles. The van der Waals surface area contributed by atoms with Crippen molar-refractivity contribution in [2.24, 2.45) is 0 Å². The van der Waals surface area contributed by atoms with E-state index in [0.29, 0.717) is 0 Å². The Balaban J connectivity index is 1.86. The zero-order chi connectivity index (χ0) is 8.93. The van der Waals surface area contributed by atoms with Crippen LogP contribution in [0.3, 0.4) is 0 Å². The molecule has 3 heteroatoms. The van der Waals surface area contributed by atoms with Gasteiger partial charge in [0.25, 0.3) is 0 Å². The molecule has 1 fully saturated rings. The molecule has 0 bridgehead atoms. The van der Waals surface area contributed by atoms with Crippen molar-refractivity contribution in [2.45, 2.75) is 13.0 Å². The number of H-pyrrole nitrogens is 1. The molecule has 0 saturated carbocycles. The zero-order valence-corrected chi connectivity index (χ0v) is 7.92. The molecular formula is C10H17N3. The van der Waals surface area contributed by atoms with Gasteiger partial charge in [-0.2, -0.15) is 0 Å². The summed E-state index contributed by atoms with van der Waals surface area (Å²) in [5, 5.41) is 3.40. The van der Waals surface area contributed by atoms with Crippen molar-refractivity contribution in [2.75, 3.05) is 26.2 Å². The van der Waals surface area contributed by atoms with Crippen molar-refractivity contribution < 1.29 is 0 Å². The number of nitrogens with one attached hydrogen (secondary N) is 2. The van der Waals surface area contributed by atoms with Crippen molar-refractivity contribution >= 4 is 0 Å². The first-order valence-electron chi connectivity index (χ1n) is 5.00. The van der Waals surface area contributed by atoms with Gasteiger partial charge in [-0.15, -0.1) is 0 Å². The molecule has 2 heterocycles. The third kappa shape index (κ3) is 2.57. The number of rotatable bonds is 2. The molecule has 1 aliphatic heterocycles. The lowest BCUT2D eigenvalue weighted by Crippen LogP contribution is -2.27. The highest BCUT2D eigenvalue weighted by Gasteiger charge is 2.08. The molecule has 1 aromatic rings. The summed E-state index contributed by atoms with van der Waals surface area (Å²) < 4.78 is 0. The van der Waals surface area contributed by atoms with Crippen LogP contribution in [0.1, 0.15) is 12.1 Å². The number of hydrogen-bond acceptors (Lipinski definition) is 2. The number of aromatic nitrogens is 1. The lowest BCUT2D eigenvalue weighted by molar-refractivity contribution is 0.281. The molecule has 3 nitrogen and oxygen atoms in total. The first kappa shape index (κ1) is 8.78. The fourth-order valence-electron chi connectivity index (χ4n) is 1.77. The third-order valence-electron chi connectivity index (χ3n) is 2.49. The standard InChI is InChI=1S/C10H17N3/c1-3-10(12-5-1)9-13-7-2-4-11-6-8-13/h1,3,5,11-12H,2,4,6-9H2. The molecule has 13 heavy (non-hydrogen) atoms. The predicted octanol–water partition coefficient (Wildman–Crippen LogP) is 0.810. The fraction of sp³-hybridized carbons (Fsp3) is 0.600. The third-order valence-corrected chi connectivity index (χ3v) is 2.49. The van der Waals surface area contributed by atoms with E-state index in [1.807, 2.05) is 6.20 Å².